The third kappa shape index (κ3) is 3.17. The molecule has 1 aliphatic heterocycles. The quantitative estimate of drug-likeness (QED) is 0.884. The average molecular weight is 286 g/mol. The fourth-order valence-corrected chi connectivity index (χ4v) is 2.52. The fourth-order valence-electron chi connectivity index (χ4n) is 2.35. The molecule has 0 amide bonds. The minimum absolute atomic E-state index is 0.0789. The van der Waals surface area contributed by atoms with Crippen LogP contribution in [0.15, 0.2) is 12.3 Å². The van der Waals surface area contributed by atoms with Gasteiger partial charge in [0, 0.05) is 40.1 Å². The number of aromatic nitrogens is 1. The van der Waals surface area contributed by atoms with Gasteiger partial charge in [0.1, 0.15) is 18.0 Å². The SMILES string of the molecule is CNCc1cc(N2CC(OC)C(OC)C2)ncc1Cl. The lowest BCUT2D eigenvalue weighted by atomic mass is 10.2. The Bertz CT molecular complexity index is 418. The summed E-state index contributed by atoms with van der Waals surface area (Å²) in [6.07, 6.45) is 1.86. The van der Waals surface area contributed by atoms with Gasteiger partial charge in [0.15, 0.2) is 0 Å². The minimum atomic E-state index is 0.0789. The van der Waals surface area contributed by atoms with Crippen LogP contribution in [-0.4, -0.2) is 51.5 Å². The maximum absolute atomic E-state index is 6.12. The van der Waals surface area contributed by atoms with Crippen LogP contribution in [0.4, 0.5) is 5.82 Å². The van der Waals surface area contributed by atoms with Crippen LogP contribution in [0.2, 0.25) is 5.02 Å². The highest BCUT2D eigenvalue weighted by molar-refractivity contribution is 6.31. The topological polar surface area (TPSA) is 46.6 Å². The molecule has 2 unspecified atom stereocenters. The van der Waals surface area contributed by atoms with E-state index >= 15 is 0 Å². The molecule has 1 aromatic heterocycles. The van der Waals surface area contributed by atoms with E-state index in [4.69, 9.17) is 21.1 Å². The van der Waals surface area contributed by atoms with Crippen molar-refractivity contribution in [2.75, 3.05) is 39.3 Å². The molecule has 2 rings (SSSR count). The van der Waals surface area contributed by atoms with E-state index in [2.05, 4.69) is 15.2 Å². The van der Waals surface area contributed by atoms with Crippen LogP contribution in [0.3, 0.4) is 0 Å². The first-order valence-electron chi connectivity index (χ1n) is 6.29. The summed E-state index contributed by atoms with van der Waals surface area (Å²) in [7, 11) is 5.32. The van der Waals surface area contributed by atoms with Crippen LogP contribution < -0.4 is 10.2 Å². The summed E-state index contributed by atoms with van der Waals surface area (Å²) in [5.41, 5.74) is 1.05. The molecule has 106 valence electrons. The standard InChI is InChI=1S/C13H20ClN3O2/c1-15-5-9-4-13(16-6-10(9)14)17-7-11(18-2)12(8-17)19-3/h4,6,11-12,15H,5,7-8H2,1-3H3. The fraction of sp³-hybridized carbons (Fsp3) is 0.615. The highest BCUT2D eigenvalue weighted by Gasteiger charge is 2.33. The molecule has 19 heavy (non-hydrogen) atoms. The minimum Gasteiger partial charge on any atom is -0.377 e. The first kappa shape index (κ1) is 14.5. The molecule has 5 nitrogen and oxygen atoms in total. The summed E-state index contributed by atoms with van der Waals surface area (Å²) in [5, 5.41) is 3.79. The third-order valence-corrected chi connectivity index (χ3v) is 3.77. The zero-order valence-corrected chi connectivity index (χ0v) is 12.3. The van der Waals surface area contributed by atoms with Gasteiger partial charge in [-0.1, -0.05) is 11.6 Å². The Balaban J connectivity index is 2.16. The smallest absolute Gasteiger partial charge is 0.129 e. The Kier molecular flexibility index (Phi) is 4.99. The molecule has 0 bridgehead atoms. The van der Waals surface area contributed by atoms with Crippen molar-refractivity contribution in [3.63, 3.8) is 0 Å². The maximum Gasteiger partial charge on any atom is 0.129 e. The highest BCUT2D eigenvalue weighted by Crippen LogP contribution is 2.25. The van der Waals surface area contributed by atoms with E-state index < -0.39 is 0 Å². The van der Waals surface area contributed by atoms with Gasteiger partial charge >= 0.3 is 0 Å². The molecular weight excluding hydrogens is 266 g/mol. The molecule has 1 aliphatic rings. The van der Waals surface area contributed by atoms with Crippen molar-refractivity contribution < 1.29 is 9.47 Å². The number of hydrogen-bond donors (Lipinski definition) is 1. The molecule has 0 aliphatic carbocycles. The predicted octanol–water partition coefficient (Wildman–Crippen LogP) is 1.30. The summed E-state index contributed by atoms with van der Waals surface area (Å²) in [6, 6.07) is 2.02. The van der Waals surface area contributed by atoms with Gasteiger partial charge in [0.05, 0.1) is 5.02 Å². The molecule has 1 N–H and O–H groups in total. The van der Waals surface area contributed by atoms with Gasteiger partial charge in [-0.2, -0.15) is 0 Å². The number of pyridine rings is 1. The molecule has 0 radical (unpaired) electrons. The number of nitrogens with one attached hydrogen (secondary N) is 1. The van der Waals surface area contributed by atoms with Gasteiger partial charge in [-0.3, -0.25) is 0 Å². The number of rotatable bonds is 5. The van der Waals surface area contributed by atoms with Crippen LogP contribution >= 0.6 is 11.6 Å². The summed E-state index contributed by atoms with van der Waals surface area (Å²) < 4.78 is 10.9. The van der Waals surface area contributed by atoms with Crippen molar-refractivity contribution in [2.45, 2.75) is 18.8 Å². The molecular formula is C13H20ClN3O2. The zero-order valence-electron chi connectivity index (χ0n) is 11.5. The number of hydrogen-bond acceptors (Lipinski definition) is 5. The second-order valence-corrected chi connectivity index (χ2v) is 5.02. The Labute approximate surface area is 118 Å². The van der Waals surface area contributed by atoms with E-state index in [9.17, 15) is 0 Å². The van der Waals surface area contributed by atoms with Gasteiger partial charge in [-0.05, 0) is 18.7 Å². The van der Waals surface area contributed by atoms with Crippen molar-refractivity contribution in [1.82, 2.24) is 10.3 Å². The molecule has 1 fully saturated rings. The zero-order chi connectivity index (χ0) is 13.8. The Hall–Kier alpha value is -0.880. The lowest BCUT2D eigenvalue weighted by Crippen LogP contribution is -2.27. The lowest BCUT2D eigenvalue weighted by Gasteiger charge is -2.18. The first-order valence-corrected chi connectivity index (χ1v) is 6.67. The Morgan fingerprint density at radius 1 is 1.37 bits per heavy atom. The number of halogens is 1. The molecule has 2 atom stereocenters. The number of anilines is 1. The van der Waals surface area contributed by atoms with E-state index in [1.54, 1.807) is 20.4 Å². The van der Waals surface area contributed by atoms with Gasteiger partial charge in [0.2, 0.25) is 0 Å². The second-order valence-electron chi connectivity index (χ2n) is 4.62. The van der Waals surface area contributed by atoms with E-state index in [-0.39, 0.29) is 12.2 Å². The van der Waals surface area contributed by atoms with E-state index in [0.717, 1.165) is 31.0 Å². The monoisotopic (exact) mass is 285 g/mol. The van der Waals surface area contributed by atoms with E-state index in [1.165, 1.54) is 0 Å². The van der Waals surface area contributed by atoms with Crippen LogP contribution in [0.1, 0.15) is 5.56 Å². The van der Waals surface area contributed by atoms with Crippen molar-refractivity contribution in [3.8, 4) is 0 Å². The van der Waals surface area contributed by atoms with Crippen LogP contribution in [0.5, 0.6) is 0 Å². The molecule has 0 saturated carbocycles. The third-order valence-electron chi connectivity index (χ3n) is 3.43. The summed E-state index contributed by atoms with van der Waals surface area (Å²) in [6.45, 7) is 2.29. The summed E-state index contributed by atoms with van der Waals surface area (Å²) in [4.78, 5) is 6.56. The van der Waals surface area contributed by atoms with Crippen LogP contribution in [-0.2, 0) is 16.0 Å². The molecule has 6 heteroatoms. The van der Waals surface area contributed by atoms with E-state index in [1.807, 2.05) is 13.1 Å². The van der Waals surface area contributed by atoms with Gasteiger partial charge in [-0.15, -0.1) is 0 Å². The van der Waals surface area contributed by atoms with Gasteiger partial charge in [0.25, 0.3) is 0 Å². The predicted molar refractivity (Wildman–Crippen MR) is 75.8 cm³/mol. The number of methoxy groups -OCH3 is 2. The van der Waals surface area contributed by atoms with Crippen molar-refractivity contribution in [2.24, 2.45) is 0 Å². The van der Waals surface area contributed by atoms with Gasteiger partial charge < -0.3 is 19.7 Å². The molecule has 2 heterocycles. The molecule has 1 saturated heterocycles. The maximum atomic E-state index is 6.12. The van der Waals surface area contributed by atoms with Gasteiger partial charge in [-0.25, -0.2) is 4.98 Å². The van der Waals surface area contributed by atoms with E-state index in [0.29, 0.717) is 5.02 Å². The summed E-state index contributed by atoms with van der Waals surface area (Å²) in [5.74, 6) is 0.913. The lowest BCUT2D eigenvalue weighted by molar-refractivity contribution is -0.00461. The first-order chi connectivity index (χ1) is 9.19. The van der Waals surface area contributed by atoms with Crippen LogP contribution in [0.25, 0.3) is 0 Å². The normalized spacial score (nSPS) is 23.1. The average Bonchev–Trinajstić information content (AvgIpc) is 2.84. The van der Waals surface area contributed by atoms with Crippen LogP contribution in [0, 0.1) is 0 Å². The van der Waals surface area contributed by atoms with Crippen molar-refractivity contribution in [1.29, 1.82) is 0 Å². The summed E-state index contributed by atoms with van der Waals surface area (Å²) >= 11 is 6.12. The molecule has 0 aromatic carbocycles. The largest absolute Gasteiger partial charge is 0.377 e. The van der Waals surface area contributed by atoms with Crippen molar-refractivity contribution in [3.05, 3.63) is 22.8 Å². The molecule has 1 aromatic rings. The Morgan fingerprint density at radius 3 is 2.53 bits per heavy atom. The number of nitrogens with zero attached hydrogens (tertiary/aromatic N) is 2. The Morgan fingerprint density at radius 2 is 2.00 bits per heavy atom. The number of ether oxygens (including phenoxy) is 2. The van der Waals surface area contributed by atoms with Crippen molar-refractivity contribution >= 4 is 17.4 Å². The highest BCUT2D eigenvalue weighted by atomic mass is 35.5. The second kappa shape index (κ2) is 6.52. The molecule has 0 spiro atoms.